The molecule has 0 aliphatic rings. The summed E-state index contributed by atoms with van der Waals surface area (Å²) >= 11 is 0. The van der Waals surface area contributed by atoms with Gasteiger partial charge in [0, 0.05) is 40.7 Å². The van der Waals surface area contributed by atoms with Gasteiger partial charge in [-0.2, -0.15) is 0 Å². The van der Waals surface area contributed by atoms with Crippen molar-refractivity contribution in [2.24, 2.45) is 0 Å². The molecule has 0 bridgehead atoms. The van der Waals surface area contributed by atoms with Crippen molar-refractivity contribution in [2.45, 2.75) is 13.3 Å². The number of hydrogen-bond acceptors (Lipinski definition) is 4. The van der Waals surface area contributed by atoms with E-state index in [2.05, 4.69) is 5.32 Å². The lowest BCUT2D eigenvalue weighted by atomic mass is 10.3. The molecule has 0 saturated carbocycles. The van der Waals surface area contributed by atoms with Crippen molar-refractivity contribution in [3.05, 3.63) is 0 Å². The Morgan fingerprint density at radius 1 is 1.22 bits per heavy atom. The van der Waals surface area contributed by atoms with E-state index in [4.69, 9.17) is 4.74 Å². The molecule has 0 aliphatic heterocycles. The average molecular weight is 259 g/mol. The van der Waals surface area contributed by atoms with Gasteiger partial charge < -0.3 is 19.9 Å². The number of methoxy groups -OCH3 is 1. The van der Waals surface area contributed by atoms with Gasteiger partial charge in [-0.3, -0.25) is 9.59 Å². The Morgan fingerprint density at radius 3 is 2.39 bits per heavy atom. The predicted molar refractivity (Wildman–Crippen MR) is 70.3 cm³/mol. The lowest BCUT2D eigenvalue weighted by Gasteiger charge is -2.23. The number of rotatable bonds is 9. The monoisotopic (exact) mass is 259 g/mol. The van der Waals surface area contributed by atoms with Crippen LogP contribution in [-0.4, -0.2) is 75.6 Å². The van der Waals surface area contributed by atoms with E-state index in [0.717, 1.165) is 6.54 Å². The molecule has 0 fully saturated rings. The van der Waals surface area contributed by atoms with Crippen molar-refractivity contribution in [3.8, 4) is 0 Å². The predicted octanol–water partition coefficient (Wildman–Crippen LogP) is -0.451. The van der Waals surface area contributed by atoms with E-state index < -0.39 is 0 Å². The zero-order valence-corrected chi connectivity index (χ0v) is 11.9. The molecule has 0 unspecified atom stereocenters. The largest absolute Gasteiger partial charge is 0.383 e. The molecule has 6 heteroatoms. The van der Waals surface area contributed by atoms with Gasteiger partial charge in [0.2, 0.25) is 11.8 Å². The van der Waals surface area contributed by atoms with Gasteiger partial charge >= 0.3 is 0 Å². The molecule has 2 amide bonds. The molecule has 0 spiro atoms. The first-order chi connectivity index (χ1) is 8.52. The molecule has 0 heterocycles. The van der Waals surface area contributed by atoms with Crippen molar-refractivity contribution in [1.82, 2.24) is 15.1 Å². The van der Waals surface area contributed by atoms with Gasteiger partial charge in [-0.05, 0) is 6.54 Å². The minimum Gasteiger partial charge on any atom is -0.383 e. The second kappa shape index (κ2) is 9.85. The lowest BCUT2D eigenvalue weighted by molar-refractivity contribution is -0.139. The Hall–Kier alpha value is -1.14. The normalized spacial score (nSPS) is 10.2. The summed E-state index contributed by atoms with van der Waals surface area (Å²) in [5.74, 6) is -0.105. The van der Waals surface area contributed by atoms with Gasteiger partial charge in [-0.15, -0.1) is 0 Å². The molecule has 0 aliphatic carbocycles. The summed E-state index contributed by atoms with van der Waals surface area (Å²) in [6.45, 7) is 4.45. The third-order valence-corrected chi connectivity index (χ3v) is 2.51. The van der Waals surface area contributed by atoms with Crippen LogP contribution < -0.4 is 5.32 Å². The molecule has 18 heavy (non-hydrogen) atoms. The fourth-order valence-corrected chi connectivity index (χ4v) is 1.33. The van der Waals surface area contributed by atoms with Crippen molar-refractivity contribution >= 4 is 11.8 Å². The third-order valence-electron chi connectivity index (χ3n) is 2.51. The van der Waals surface area contributed by atoms with Crippen LogP contribution >= 0.6 is 0 Å². The van der Waals surface area contributed by atoms with Gasteiger partial charge in [0.1, 0.15) is 0 Å². The highest BCUT2D eigenvalue weighted by molar-refractivity contribution is 5.84. The Balaban J connectivity index is 4.27. The van der Waals surface area contributed by atoms with Crippen LogP contribution in [0.1, 0.15) is 13.3 Å². The zero-order chi connectivity index (χ0) is 14.0. The number of amides is 2. The Labute approximate surface area is 109 Å². The summed E-state index contributed by atoms with van der Waals surface area (Å²) in [7, 11) is 4.94. The maximum atomic E-state index is 11.9. The molecular formula is C12H25N3O3. The Bertz CT molecular complexity index is 257. The highest BCUT2D eigenvalue weighted by Crippen LogP contribution is 1.96. The number of nitrogens with zero attached hydrogens (tertiary/aromatic N) is 2. The summed E-state index contributed by atoms with van der Waals surface area (Å²) in [5.41, 5.74) is 0. The van der Waals surface area contributed by atoms with Crippen LogP contribution in [0, 0.1) is 0 Å². The van der Waals surface area contributed by atoms with Crippen LogP contribution in [0.5, 0.6) is 0 Å². The minimum atomic E-state index is -0.0806. The number of hydrogen-bond donors (Lipinski definition) is 1. The van der Waals surface area contributed by atoms with Crippen molar-refractivity contribution in [3.63, 3.8) is 0 Å². The van der Waals surface area contributed by atoms with Crippen LogP contribution in [0.2, 0.25) is 0 Å². The lowest BCUT2D eigenvalue weighted by Crippen LogP contribution is -2.42. The molecule has 0 radical (unpaired) electrons. The van der Waals surface area contributed by atoms with Crippen LogP contribution in [0.4, 0.5) is 0 Å². The van der Waals surface area contributed by atoms with Crippen LogP contribution in [0.3, 0.4) is 0 Å². The number of carbonyl (C=O) groups excluding carboxylic acids is 2. The Morgan fingerprint density at radius 2 is 1.89 bits per heavy atom. The quantitative estimate of drug-likeness (QED) is 0.570. The van der Waals surface area contributed by atoms with Gasteiger partial charge in [0.15, 0.2) is 0 Å². The molecule has 0 aromatic rings. The van der Waals surface area contributed by atoms with E-state index in [1.54, 1.807) is 26.1 Å². The van der Waals surface area contributed by atoms with E-state index in [1.807, 2.05) is 6.92 Å². The molecule has 0 aromatic carbocycles. The van der Waals surface area contributed by atoms with Gasteiger partial charge in [-0.1, -0.05) is 6.92 Å². The highest BCUT2D eigenvalue weighted by Gasteiger charge is 2.17. The maximum Gasteiger partial charge on any atom is 0.241 e. The standard InChI is InChI=1S/C12H25N3O3/c1-5-13-7-6-11(16)15(8-9-18-4)10-12(17)14(2)3/h13H,5-10H2,1-4H3. The molecule has 1 N–H and O–H groups in total. The van der Waals surface area contributed by atoms with Crippen LogP contribution in [-0.2, 0) is 14.3 Å². The third kappa shape index (κ3) is 7.24. The number of carbonyl (C=O) groups is 2. The number of ether oxygens (including phenoxy) is 1. The summed E-state index contributed by atoms with van der Waals surface area (Å²) in [5, 5.41) is 3.09. The van der Waals surface area contributed by atoms with Crippen molar-refractivity contribution in [1.29, 1.82) is 0 Å². The fraction of sp³-hybridized carbons (Fsp3) is 0.833. The van der Waals surface area contributed by atoms with Crippen molar-refractivity contribution < 1.29 is 14.3 Å². The molecule has 106 valence electrons. The zero-order valence-electron chi connectivity index (χ0n) is 11.9. The fourth-order valence-electron chi connectivity index (χ4n) is 1.33. The average Bonchev–Trinajstić information content (AvgIpc) is 2.34. The first kappa shape index (κ1) is 16.9. The molecule has 0 aromatic heterocycles. The van der Waals surface area contributed by atoms with E-state index in [9.17, 15) is 9.59 Å². The summed E-state index contributed by atoms with van der Waals surface area (Å²) in [6, 6.07) is 0. The number of likely N-dealkylation sites (N-methyl/N-ethyl adjacent to an activating group) is 1. The topological polar surface area (TPSA) is 61.9 Å². The van der Waals surface area contributed by atoms with Gasteiger partial charge in [0.25, 0.3) is 0 Å². The minimum absolute atomic E-state index is 0.0248. The van der Waals surface area contributed by atoms with E-state index in [1.165, 1.54) is 4.90 Å². The van der Waals surface area contributed by atoms with Crippen LogP contribution in [0.15, 0.2) is 0 Å². The smallest absolute Gasteiger partial charge is 0.241 e. The molecule has 0 atom stereocenters. The highest BCUT2D eigenvalue weighted by atomic mass is 16.5. The van der Waals surface area contributed by atoms with E-state index in [-0.39, 0.29) is 18.4 Å². The first-order valence-electron chi connectivity index (χ1n) is 6.20. The maximum absolute atomic E-state index is 11.9. The Kier molecular flexibility index (Phi) is 9.22. The van der Waals surface area contributed by atoms with Gasteiger partial charge in [0.05, 0.1) is 13.2 Å². The second-order valence-corrected chi connectivity index (χ2v) is 4.20. The second-order valence-electron chi connectivity index (χ2n) is 4.20. The van der Waals surface area contributed by atoms with Crippen molar-refractivity contribution in [2.75, 3.05) is 54.0 Å². The number of nitrogens with one attached hydrogen (secondary N) is 1. The summed E-state index contributed by atoms with van der Waals surface area (Å²) in [6.07, 6.45) is 0.401. The molecule has 0 rings (SSSR count). The van der Waals surface area contributed by atoms with Crippen LogP contribution in [0.25, 0.3) is 0 Å². The SMILES string of the molecule is CCNCCC(=O)N(CCOC)CC(=O)N(C)C. The summed E-state index contributed by atoms with van der Waals surface area (Å²) < 4.78 is 4.96. The van der Waals surface area contributed by atoms with Gasteiger partial charge in [-0.25, -0.2) is 0 Å². The molecule has 0 saturated heterocycles. The molecular weight excluding hydrogens is 234 g/mol. The van der Waals surface area contributed by atoms with E-state index >= 15 is 0 Å². The summed E-state index contributed by atoms with van der Waals surface area (Å²) in [4.78, 5) is 26.6. The molecule has 6 nitrogen and oxygen atoms in total. The van der Waals surface area contributed by atoms with E-state index in [0.29, 0.717) is 26.1 Å². The first-order valence-corrected chi connectivity index (χ1v) is 6.20.